The highest BCUT2D eigenvalue weighted by atomic mass is 35.5. The molecule has 0 atom stereocenters. The van der Waals surface area contributed by atoms with E-state index < -0.39 is 5.60 Å². The molecule has 0 saturated carbocycles. The van der Waals surface area contributed by atoms with E-state index in [9.17, 15) is 5.11 Å². The fraction of sp³-hybridized carbons (Fsp3) is 0.571. The van der Waals surface area contributed by atoms with Crippen LogP contribution in [0, 0.1) is 0 Å². The molecule has 0 fully saturated rings. The summed E-state index contributed by atoms with van der Waals surface area (Å²) in [5.74, 6) is 0. The molecule has 0 amide bonds. The van der Waals surface area contributed by atoms with Crippen molar-refractivity contribution in [3.63, 3.8) is 0 Å². The number of benzene rings is 1. The van der Waals surface area contributed by atoms with Crippen LogP contribution in [0.15, 0.2) is 24.3 Å². The molecule has 1 aromatic carbocycles. The van der Waals surface area contributed by atoms with Gasteiger partial charge in [0.2, 0.25) is 0 Å². The summed E-state index contributed by atoms with van der Waals surface area (Å²) in [6.07, 6.45) is 1.57. The average Bonchev–Trinajstić information content (AvgIpc) is 2.32. The minimum absolute atomic E-state index is 0.568. The van der Waals surface area contributed by atoms with E-state index >= 15 is 0 Å². The molecule has 96 valence electrons. The van der Waals surface area contributed by atoms with Crippen molar-refractivity contribution in [2.75, 3.05) is 13.6 Å². The van der Waals surface area contributed by atoms with Crippen LogP contribution in [0.3, 0.4) is 0 Å². The minimum atomic E-state index is -0.568. The van der Waals surface area contributed by atoms with Gasteiger partial charge >= 0.3 is 0 Å². The van der Waals surface area contributed by atoms with Crippen molar-refractivity contribution >= 4 is 11.6 Å². The third-order valence-corrected chi connectivity index (χ3v) is 3.50. The summed E-state index contributed by atoms with van der Waals surface area (Å²) in [6.45, 7) is 5.58. The Kier molecular flexibility index (Phi) is 5.44. The van der Waals surface area contributed by atoms with E-state index in [0.29, 0.717) is 6.54 Å². The second-order valence-electron chi connectivity index (χ2n) is 4.73. The van der Waals surface area contributed by atoms with Crippen LogP contribution in [0.5, 0.6) is 0 Å². The molecule has 3 heteroatoms. The molecule has 1 aromatic rings. The zero-order valence-electron chi connectivity index (χ0n) is 10.9. The zero-order chi connectivity index (χ0) is 12.9. The summed E-state index contributed by atoms with van der Waals surface area (Å²) < 4.78 is 0. The first-order valence-electron chi connectivity index (χ1n) is 6.14. The number of rotatable bonds is 6. The minimum Gasteiger partial charge on any atom is -0.389 e. The van der Waals surface area contributed by atoms with E-state index in [1.54, 1.807) is 0 Å². The monoisotopic (exact) mass is 255 g/mol. The van der Waals surface area contributed by atoms with Gasteiger partial charge in [-0.05, 0) is 37.6 Å². The maximum Gasteiger partial charge on any atom is 0.0768 e. The predicted molar refractivity (Wildman–Crippen MR) is 73.3 cm³/mol. The Morgan fingerprint density at radius 3 is 2.18 bits per heavy atom. The van der Waals surface area contributed by atoms with Crippen molar-refractivity contribution in [2.45, 2.75) is 38.8 Å². The molecular formula is C14H22ClNO. The summed E-state index contributed by atoms with van der Waals surface area (Å²) in [6, 6.07) is 7.85. The first-order valence-corrected chi connectivity index (χ1v) is 6.52. The fourth-order valence-corrected chi connectivity index (χ4v) is 2.06. The Balaban J connectivity index is 2.54. The Morgan fingerprint density at radius 2 is 1.71 bits per heavy atom. The van der Waals surface area contributed by atoms with Gasteiger partial charge in [-0.25, -0.2) is 0 Å². The third-order valence-electron chi connectivity index (χ3n) is 3.25. The molecule has 2 nitrogen and oxygen atoms in total. The van der Waals surface area contributed by atoms with Gasteiger partial charge in [0.15, 0.2) is 0 Å². The number of halogens is 1. The third kappa shape index (κ3) is 4.66. The normalized spacial score (nSPS) is 12.1. The van der Waals surface area contributed by atoms with E-state index in [2.05, 4.69) is 4.90 Å². The van der Waals surface area contributed by atoms with Gasteiger partial charge in [-0.2, -0.15) is 0 Å². The second-order valence-corrected chi connectivity index (χ2v) is 5.17. The smallest absolute Gasteiger partial charge is 0.0768 e. The highest BCUT2D eigenvalue weighted by Crippen LogP contribution is 2.17. The lowest BCUT2D eigenvalue weighted by Gasteiger charge is -2.30. The molecule has 0 saturated heterocycles. The number of likely N-dealkylation sites (N-methyl/N-ethyl adjacent to an activating group) is 1. The summed E-state index contributed by atoms with van der Waals surface area (Å²) in [5, 5.41) is 11.0. The van der Waals surface area contributed by atoms with E-state index in [4.69, 9.17) is 11.6 Å². The Morgan fingerprint density at radius 1 is 1.18 bits per heavy atom. The quantitative estimate of drug-likeness (QED) is 0.843. The van der Waals surface area contributed by atoms with Gasteiger partial charge in [-0.3, -0.25) is 4.90 Å². The lowest BCUT2D eigenvalue weighted by atomic mass is 9.97. The van der Waals surface area contributed by atoms with Crippen LogP contribution < -0.4 is 0 Å². The lowest BCUT2D eigenvalue weighted by molar-refractivity contribution is 0.00131. The molecule has 1 rings (SSSR count). The first-order chi connectivity index (χ1) is 7.99. The van der Waals surface area contributed by atoms with Crippen LogP contribution in [0.2, 0.25) is 5.02 Å². The SMILES string of the molecule is CCC(O)(CC)CN(C)Cc1ccc(Cl)cc1. The van der Waals surface area contributed by atoms with E-state index in [0.717, 1.165) is 24.4 Å². The van der Waals surface area contributed by atoms with Crippen LogP contribution >= 0.6 is 11.6 Å². The van der Waals surface area contributed by atoms with Crippen molar-refractivity contribution in [3.8, 4) is 0 Å². The van der Waals surface area contributed by atoms with Crippen molar-refractivity contribution in [2.24, 2.45) is 0 Å². The van der Waals surface area contributed by atoms with Crippen molar-refractivity contribution in [3.05, 3.63) is 34.9 Å². The van der Waals surface area contributed by atoms with E-state index in [1.807, 2.05) is 45.2 Å². The molecule has 0 aliphatic carbocycles. The second kappa shape index (κ2) is 6.39. The van der Waals surface area contributed by atoms with Gasteiger partial charge in [0.1, 0.15) is 0 Å². The van der Waals surface area contributed by atoms with Crippen molar-refractivity contribution in [1.82, 2.24) is 4.90 Å². The summed E-state index contributed by atoms with van der Waals surface area (Å²) in [4.78, 5) is 2.15. The molecule has 0 spiro atoms. The number of hydrogen-bond donors (Lipinski definition) is 1. The number of nitrogens with zero attached hydrogens (tertiary/aromatic N) is 1. The van der Waals surface area contributed by atoms with Gasteiger partial charge < -0.3 is 5.11 Å². The zero-order valence-corrected chi connectivity index (χ0v) is 11.7. The maximum absolute atomic E-state index is 10.3. The summed E-state index contributed by atoms with van der Waals surface area (Å²) >= 11 is 5.85. The first kappa shape index (κ1) is 14.5. The van der Waals surface area contributed by atoms with Gasteiger partial charge in [0.05, 0.1) is 5.60 Å². The van der Waals surface area contributed by atoms with Crippen LogP contribution in [0.4, 0.5) is 0 Å². The maximum atomic E-state index is 10.3. The Bertz CT molecular complexity index is 333. The van der Waals surface area contributed by atoms with Crippen LogP contribution in [-0.4, -0.2) is 29.2 Å². The average molecular weight is 256 g/mol. The molecule has 0 unspecified atom stereocenters. The summed E-state index contributed by atoms with van der Waals surface area (Å²) in [7, 11) is 2.03. The largest absolute Gasteiger partial charge is 0.389 e. The fourth-order valence-electron chi connectivity index (χ4n) is 1.93. The van der Waals surface area contributed by atoms with Gasteiger partial charge in [0, 0.05) is 18.1 Å². The van der Waals surface area contributed by atoms with E-state index in [1.165, 1.54) is 5.56 Å². The Hall–Kier alpha value is -0.570. The lowest BCUT2D eigenvalue weighted by Crippen LogP contribution is -2.40. The standard InChI is InChI=1S/C14H22ClNO/c1-4-14(17,5-2)11-16(3)10-12-6-8-13(15)9-7-12/h6-9,17H,4-5,10-11H2,1-3H3. The van der Waals surface area contributed by atoms with Gasteiger partial charge in [-0.1, -0.05) is 37.6 Å². The molecule has 0 bridgehead atoms. The topological polar surface area (TPSA) is 23.5 Å². The molecule has 0 aliphatic heterocycles. The number of hydrogen-bond acceptors (Lipinski definition) is 2. The molecule has 0 radical (unpaired) electrons. The Labute approximate surface area is 109 Å². The van der Waals surface area contributed by atoms with Crippen LogP contribution in [-0.2, 0) is 6.54 Å². The molecular weight excluding hydrogens is 234 g/mol. The highest BCUT2D eigenvalue weighted by molar-refractivity contribution is 6.30. The van der Waals surface area contributed by atoms with Crippen molar-refractivity contribution in [1.29, 1.82) is 0 Å². The predicted octanol–water partition coefficient (Wildman–Crippen LogP) is 3.32. The molecule has 0 heterocycles. The molecule has 17 heavy (non-hydrogen) atoms. The molecule has 1 N–H and O–H groups in total. The number of aliphatic hydroxyl groups is 1. The molecule has 0 aliphatic rings. The summed E-state index contributed by atoms with van der Waals surface area (Å²) in [5.41, 5.74) is 0.646. The highest BCUT2D eigenvalue weighted by Gasteiger charge is 2.23. The van der Waals surface area contributed by atoms with E-state index in [-0.39, 0.29) is 0 Å². The van der Waals surface area contributed by atoms with Gasteiger partial charge in [-0.15, -0.1) is 0 Å². The van der Waals surface area contributed by atoms with Gasteiger partial charge in [0.25, 0.3) is 0 Å². The molecule has 0 aromatic heterocycles. The van der Waals surface area contributed by atoms with Crippen LogP contribution in [0.1, 0.15) is 32.3 Å². The van der Waals surface area contributed by atoms with Crippen LogP contribution in [0.25, 0.3) is 0 Å². The van der Waals surface area contributed by atoms with Crippen molar-refractivity contribution < 1.29 is 5.11 Å².